The number of benzene rings is 1. The molecule has 1 aliphatic rings. The number of non-ortho nitro benzene ring substituents is 1. The number of hydrogen-bond acceptors (Lipinski definition) is 6. The smallest absolute Gasteiger partial charge is 0.341 e. The fourth-order valence-corrected chi connectivity index (χ4v) is 1.54. The van der Waals surface area contributed by atoms with Gasteiger partial charge < -0.3 is 15.8 Å². The average molecular weight is 279 g/mol. The Kier molecular flexibility index (Phi) is 3.83. The maximum Gasteiger partial charge on any atom is 0.341 e. The van der Waals surface area contributed by atoms with Crippen LogP contribution in [-0.2, 0) is 9.53 Å². The van der Waals surface area contributed by atoms with Crippen molar-refractivity contribution in [3.05, 3.63) is 33.9 Å². The normalized spacial score (nSPS) is 13.6. The molecule has 0 bridgehead atoms. The molecule has 8 heteroatoms. The molecule has 0 aliphatic heterocycles. The molecular formula is C12H13N3O5. The molecule has 0 heterocycles. The third kappa shape index (κ3) is 3.44. The van der Waals surface area contributed by atoms with Crippen LogP contribution in [0, 0.1) is 10.1 Å². The molecule has 0 radical (unpaired) electrons. The second kappa shape index (κ2) is 5.55. The Bertz CT molecular complexity index is 568. The number of nitrogens with one attached hydrogen (secondary N) is 1. The molecule has 0 aromatic heterocycles. The molecule has 0 saturated heterocycles. The van der Waals surface area contributed by atoms with E-state index >= 15 is 0 Å². The number of hydrogen-bond donors (Lipinski definition) is 2. The van der Waals surface area contributed by atoms with Crippen molar-refractivity contribution < 1.29 is 19.2 Å². The standard InChI is InChI=1S/C12H13N3O5/c13-10-4-3-8(15(18)19)5-9(10)12(17)20-6-11(16)14-7-1-2-7/h3-5,7H,1-2,6,13H2,(H,14,16). The summed E-state index contributed by atoms with van der Waals surface area (Å²) in [6.45, 7) is -0.433. The molecule has 3 N–H and O–H groups in total. The number of esters is 1. The summed E-state index contributed by atoms with van der Waals surface area (Å²) in [4.78, 5) is 33.1. The minimum absolute atomic E-state index is 0.0585. The summed E-state index contributed by atoms with van der Waals surface area (Å²) < 4.78 is 4.78. The minimum Gasteiger partial charge on any atom is -0.452 e. The largest absolute Gasteiger partial charge is 0.452 e. The second-order valence-electron chi connectivity index (χ2n) is 4.45. The molecule has 0 spiro atoms. The molecule has 1 aromatic rings. The molecule has 1 fully saturated rings. The Morgan fingerprint density at radius 3 is 2.75 bits per heavy atom. The van der Waals surface area contributed by atoms with Crippen molar-refractivity contribution >= 4 is 23.3 Å². The number of anilines is 1. The highest BCUT2D eigenvalue weighted by Gasteiger charge is 2.24. The quantitative estimate of drug-likeness (QED) is 0.352. The number of carbonyl (C=O) groups is 2. The van der Waals surface area contributed by atoms with Gasteiger partial charge >= 0.3 is 5.97 Å². The van der Waals surface area contributed by atoms with Crippen molar-refractivity contribution in [1.29, 1.82) is 0 Å². The van der Waals surface area contributed by atoms with Gasteiger partial charge in [-0.15, -0.1) is 0 Å². The molecule has 1 saturated carbocycles. The molecule has 1 amide bonds. The number of nitro benzene ring substituents is 1. The Balaban J connectivity index is 1.98. The summed E-state index contributed by atoms with van der Waals surface area (Å²) in [6.07, 6.45) is 1.86. The molecule has 0 atom stereocenters. The maximum absolute atomic E-state index is 11.7. The van der Waals surface area contributed by atoms with Crippen LogP contribution < -0.4 is 11.1 Å². The Morgan fingerprint density at radius 2 is 2.15 bits per heavy atom. The van der Waals surface area contributed by atoms with Crippen LogP contribution in [0.2, 0.25) is 0 Å². The molecular weight excluding hydrogens is 266 g/mol. The van der Waals surface area contributed by atoms with Crippen molar-refractivity contribution in [2.75, 3.05) is 12.3 Å². The predicted molar refractivity (Wildman–Crippen MR) is 69.0 cm³/mol. The molecule has 8 nitrogen and oxygen atoms in total. The van der Waals surface area contributed by atoms with Crippen molar-refractivity contribution in [3.8, 4) is 0 Å². The number of nitrogens with zero attached hydrogens (tertiary/aromatic N) is 1. The van der Waals surface area contributed by atoms with Crippen LogP contribution in [0.5, 0.6) is 0 Å². The van der Waals surface area contributed by atoms with Crippen LogP contribution in [0.3, 0.4) is 0 Å². The molecule has 106 valence electrons. The number of ether oxygens (including phenoxy) is 1. The fourth-order valence-electron chi connectivity index (χ4n) is 1.54. The lowest BCUT2D eigenvalue weighted by Crippen LogP contribution is -2.30. The topological polar surface area (TPSA) is 125 Å². The molecule has 2 rings (SSSR count). The third-order valence-electron chi connectivity index (χ3n) is 2.74. The van der Waals surface area contributed by atoms with Crippen molar-refractivity contribution in [2.45, 2.75) is 18.9 Å². The first-order valence-corrected chi connectivity index (χ1v) is 5.98. The van der Waals surface area contributed by atoms with E-state index in [1.54, 1.807) is 0 Å². The first-order valence-electron chi connectivity index (χ1n) is 5.98. The van der Waals surface area contributed by atoms with E-state index in [2.05, 4.69) is 5.32 Å². The highest BCUT2D eigenvalue weighted by Crippen LogP contribution is 2.21. The van der Waals surface area contributed by atoms with Crippen LogP contribution in [0.25, 0.3) is 0 Å². The van der Waals surface area contributed by atoms with Crippen molar-refractivity contribution in [2.24, 2.45) is 0 Å². The first-order chi connectivity index (χ1) is 9.47. The zero-order valence-corrected chi connectivity index (χ0v) is 10.5. The Morgan fingerprint density at radius 1 is 1.45 bits per heavy atom. The summed E-state index contributed by atoms with van der Waals surface area (Å²) >= 11 is 0. The summed E-state index contributed by atoms with van der Waals surface area (Å²) in [5, 5.41) is 13.3. The number of nitrogens with two attached hydrogens (primary N) is 1. The molecule has 1 aromatic carbocycles. The molecule has 1 aliphatic carbocycles. The van der Waals surface area contributed by atoms with Gasteiger partial charge in [-0.3, -0.25) is 14.9 Å². The Hall–Kier alpha value is -2.64. The minimum atomic E-state index is -0.864. The van der Waals surface area contributed by atoms with Gasteiger partial charge in [0.2, 0.25) is 0 Å². The number of amides is 1. The summed E-state index contributed by atoms with van der Waals surface area (Å²) in [7, 11) is 0. The van der Waals surface area contributed by atoms with Gasteiger partial charge in [-0.05, 0) is 18.9 Å². The van der Waals surface area contributed by atoms with E-state index in [1.165, 1.54) is 12.1 Å². The maximum atomic E-state index is 11.7. The van der Waals surface area contributed by atoms with Gasteiger partial charge in [0.25, 0.3) is 11.6 Å². The van der Waals surface area contributed by atoms with Gasteiger partial charge in [-0.1, -0.05) is 0 Å². The van der Waals surface area contributed by atoms with Gasteiger partial charge in [0.15, 0.2) is 6.61 Å². The van der Waals surface area contributed by atoms with Crippen molar-refractivity contribution in [1.82, 2.24) is 5.32 Å². The van der Waals surface area contributed by atoms with E-state index in [0.29, 0.717) is 0 Å². The number of nitro groups is 1. The fraction of sp³-hybridized carbons (Fsp3) is 0.333. The summed E-state index contributed by atoms with van der Waals surface area (Å²) in [5.74, 6) is -1.26. The van der Waals surface area contributed by atoms with E-state index in [1.807, 2.05) is 0 Å². The molecule has 0 unspecified atom stereocenters. The Labute approximate surface area is 114 Å². The van der Waals surface area contributed by atoms with Gasteiger partial charge in [-0.25, -0.2) is 4.79 Å². The van der Waals surface area contributed by atoms with Crippen LogP contribution in [-0.4, -0.2) is 29.4 Å². The number of carbonyl (C=O) groups excluding carboxylic acids is 2. The summed E-state index contributed by atoms with van der Waals surface area (Å²) in [6, 6.07) is 3.63. The van der Waals surface area contributed by atoms with Gasteiger partial charge in [0.05, 0.1) is 10.5 Å². The third-order valence-corrected chi connectivity index (χ3v) is 2.74. The summed E-state index contributed by atoms with van der Waals surface area (Å²) in [5.41, 5.74) is 5.23. The lowest BCUT2D eigenvalue weighted by Gasteiger charge is -2.07. The molecule has 20 heavy (non-hydrogen) atoms. The van der Waals surface area contributed by atoms with Gasteiger partial charge in [0.1, 0.15) is 0 Å². The van der Waals surface area contributed by atoms with E-state index < -0.39 is 23.4 Å². The van der Waals surface area contributed by atoms with E-state index in [-0.39, 0.29) is 23.0 Å². The first kappa shape index (κ1) is 13.8. The monoisotopic (exact) mass is 279 g/mol. The number of rotatable bonds is 5. The highest BCUT2D eigenvalue weighted by molar-refractivity contribution is 5.97. The van der Waals surface area contributed by atoms with Crippen LogP contribution in [0.15, 0.2) is 18.2 Å². The van der Waals surface area contributed by atoms with Crippen LogP contribution >= 0.6 is 0 Å². The van der Waals surface area contributed by atoms with E-state index in [4.69, 9.17) is 10.5 Å². The van der Waals surface area contributed by atoms with Gasteiger partial charge in [0, 0.05) is 23.9 Å². The lowest BCUT2D eigenvalue weighted by molar-refractivity contribution is -0.384. The number of nitrogen functional groups attached to an aromatic ring is 1. The van der Waals surface area contributed by atoms with Crippen LogP contribution in [0.1, 0.15) is 23.2 Å². The van der Waals surface area contributed by atoms with E-state index in [9.17, 15) is 19.7 Å². The van der Waals surface area contributed by atoms with E-state index in [0.717, 1.165) is 18.9 Å². The van der Waals surface area contributed by atoms with Gasteiger partial charge in [-0.2, -0.15) is 0 Å². The zero-order valence-electron chi connectivity index (χ0n) is 10.5. The SMILES string of the molecule is Nc1ccc([N+](=O)[O-])cc1C(=O)OCC(=O)NC1CC1. The van der Waals surface area contributed by atoms with Crippen LogP contribution in [0.4, 0.5) is 11.4 Å². The lowest BCUT2D eigenvalue weighted by atomic mass is 10.1. The zero-order chi connectivity index (χ0) is 14.7. The average Bonchev–Trinajstić information content (AvgIpc) is 3.20. The predicted octanol–water partition coefficient (Wildman–Crippen LogP) is 0.612. The highest BCUT2D eigenvalue weighted by atomic mass is 16.6. The van der Waals surface area contributed by atoms with Crippen molar-refractivity contribution in [3.63, 3.8) is 0 Å². The second-order valence-corrected chi connectivity index (χ2v) is 4.45.